The molecule has 0 radical (unpaired) electrons. The van der Waals surface area contributed by atoms with E-state index in [-0.39, 0.29) is 0 Å². The van der Waals surface area contributed by atoms with Gasteiger partial charge in [0.25, 0.3) is 0 Å². The van der Waals surface area contributed by atoms with E-state index in [0.29, 0.717) is 24.7 Å². The minimum Gasteiger partial charge on any atom is -0.347 e. The molecule has 0 saturated heterocycles. The number of nitrogens with two attached hydrogens (primary N) is 1. The third-order valence-electron chi connectivity index (χ3n) is 2.47. The zero-order valence-corrected chi connectivity index (χ0v) is 10.7. The number of carbonyl (C=O) groups is 2. The molecule has 5 nitrogen and oxygen atoms in total. The van der Waals surface area contributed by atoms with E-state index < -0.39 is 11.8 Å². The zero-order valence-electron chi connectivity index (χ0n) is 10.7. The number of benzene rings is 1. The minimum atomic E-state index is -0.680. The summed E-state index contributed by atoms with van der Waals surface area (Å²) < 4.78 is 0. The Balaban J connectivity index is 2.56. The fourth-order valence-corrected chi connectivity index (χ4v) is 1.41. The Bertz CT molecular complexity index is 413. The van der Waals surface area contributed by atoms with Crippen molar-refractivity contribution in [3.8, 4) is 0 Å². The van der Waals surface area contributed by atoms with Crippen LogP contribution in [0.1, 0.15) is 25.3 Å². The first kappa shape index (κ1) is 14.2. The summed E-state index contributed by atoms with van der Waals surface area (Å²) in [6.07, 6.45) is 0. The van der Waals surface area contributed by atoms with Crippen molar-refractivity contribution in [2.45, 2.75) is 19.8 Å². The summed E-state index contributed by atoms with van der Waals surface area (Å²) in [4.78, 5) is 22.8. The highest BCUT2D eigenvalue weighted by Gasteiger charge is 2.12. The van der Waals surface area contributed by atoms with E-state index in [9.17, 15) is 9.59 Å². The standard InChI is InChI=1S/C13H19N3O2/c1-9(2)10-3-5-11(6-4-10)16-13(18)12(17)15-8-7-14/h3-6,9H,7-8,14H2,1-2H3,(H,15,17)(H,16,18). The smallest absolute Gasteiger partial charge is 0.313 e. The Hall–Kier alpha value is -1.88. The summed E-state index contributed by atoms with van der Waals surface area (Å²) in [5, 5.41) is 4.93. The molecular formula is C13H19N3O2. The van der Waals surface area contributed by atoms with E-state index in [1.54, 1.807) is 12.1 Å². The van der Waals surface area contributed by atoms with Crippen molar-refractivity contribution in [3.63, 3.8) is 0 Å². The average Bonchev–Trinajstić information content (AvgIpc) is 2.36. The molecule has 5 heteroatoms. The van der Waals surface area contributed by atoms with E-state index in [4.69, 9.17) is 5.73 Å². The first-order valence-electron chi connectivity index (χ1n) is 5.93. The third kappa shape index (κ3) is 4.18. The zero-order chi connectivity index (χ0) is 13.5. The quantitative estimate of drug-likeness (QED) is 0.691. The molecule has 98 valence electrons. The molecule has 1 rings (SSSR count). The van der Waals surface area contributed by atoms with Crippen LogP contribution >= 0.6 is 0 Å². The molecule has 0 aliphatic heterocycles. The highest BCUT2D eigenvalue weighted by molar-refractivity contribution is 6.39. The van der Waals surface area contributed by atoms with Crippen LogP contribution in [0.15, 0.2) is 24.3 Å². The topological polar surface area (TPSA) is 84.2 Å². The summed E-state index contributed by atoms with van der Waals surface area (Å²) >= 11 is 0. The Morgan fingerprint density at radius 1 is 1.17 bits per heavy atom. The Morgan fingerprint density at radius 2 is 1.78 bits per heavy atom. The fourth-order valence-electron chi connectivity index (χ4n) is 1.41. The van der Waals surface area contributed by atoms with Gasteiger partial charge in [0.05, 0.1) is 0 Å². The van der Waals surface area contributed by atoms with Crippen molar-refractivity contribution in [2.24, 2.45) is 5.73 Å². The lowest BCUT2D eigenvalue weighted by molar-refractivity contribution is -0.136. The summed E-state index contributed by atoms with van der Waals surface area (Å²) in [6, 6.07) is 7.42. The molecule has 1 aromatic carbocycles. The molecule has 18 heavy (non-hydrogen) atoms. The van der Waals surface area contributed by atoms with Crippen molar-refractivity contribution in [2.75, 3.05) is 18.4 Å². The number of hydrogen-bond donors (Lipinski definition) is 3. The molecule has 2 amide bonds. The van der Waals surface area contributed by atoms with Crippen LogP contribution in [-0.2, 0) is 9.59 Å². The van der Waals surface area contributed by atoms with Crippen LogP contribution in [0.4, 0.5) is 5.69 Å². The lowest BCUT2D eigenvalue weighted by atomic mass is 10.0. The minimum absolute atomic E-state index is 0.290. The van der Waals surface area contributed by atoms with Gasteiger partial charge in [-0.15, -0.1) is 0 Å². The molecule has 0 aliphatic rings. The van der Waals surface area contributed by atoms with Crippen LogP contribution in [0.5, 0.6) is 0 Å². The molecule has 0 heterocycles. The fraction of sp³-hybridized carbons (Fsp3) is 0.385. The van der Waals surface area contributed by atoms with Gasteiger partial charge in [0.1, 0.15) is 0 Å². The number of anilines is 1. The maximum absolute atomic E-state index is 11.5. The lowest BCUT2D eigenvalue weighted by Gasteiger charge is -2.08. The first-order valence-corrected chi connectivity index (χ1v) is 5.93. The van der Waals surface area contributed by atoms with E-state index in [1.807, 2.05) is 12.1 Å². The van der Waals surface area contributed by atoms with Gasteiger partial charge >= 0.3 is 11.8 Å². The summed E-state index contributed by atoms with van der Waals surface area (Å²) in [5.41, 5.74) is 7.01. The van der Waals surface area contributed by atoms with Gasteiger partial charge in [-0.2, -0.15) is 0 Å². The number of amides is 2. The molecule has 0 atom stereocenters. The lowest BCUT2D eigenvalue weighted by Crippen LogP contribution is -2.37. The van der Waals surface area contributed by atoms with Crippen LogP contribution in [0.25, 0.3) is 0 Å². The average molecular weight is 249 g/mol. The number of nitrogens with one attached hydrogen (secondary N) is 2. The predicted molar refractivity (Wildman–Crippen MR) is 71.2 cm³/mol. The van der Waals surface area contributed by atoms with Crippen LogP contribution in [-0.4, -0.2) is 24.9 Å². The van der Waals surface area contributed by atoms with Gasteiger partial charge in [0, 0.05) is 18.8 Å². The second kappa shape index (κ2) is 6.76. The highest BCUT2D eigenvalue weighted by Crippen LogP contribution is 2.16. The first-order chi connectivity index (χ1) is 8.54. The molecule has 0 aromatic heterocycles. The van der Waals surface area contributed by atoms with Gasteiger partial charge in [-0.1, -0.05) is 26.0 Å². The van der Waals surface area contributed by atoms with Crippen LogP contribution in [0.2, 0.25) is 0 Å². The second-order valence-electron chi connectivity index (χ2n) is 4.28. The molecule has 0 aliphatic carbocycles. The molecule has 4 N–H and O–H groups in total. The highest BCUT2D eigenvalue weighted by atomic mass is 16.2. The van der Waals surface area contributed by atoms with Gasteiger partial charge in [-0.3, -0.25) is 9.59 Å². The molecule has 0 spiro atoms. The molecule has 1 aromatic rings. The van der Waals surface area contributed by atoms with Crippen molar-refractivity contribution in [3.05, 3.63) is 29.8 Å². The summed E-state index contributed by atoms with van der Waals surface area (Å²) in [6.45, 7) is 4.78. The van der Waals surface area contributed by atoms with E-state index >= 15 is 0 Å². The van der Waals surface area contributed by atoms with Gasteiger partial charge in [-0.25, -0.2) is 0 Å². The second-order valence-corrected chi connectivity index (χ2v) is 4.28. The molecule has 0 bridgehead atoms. The van der Waals surface area contributed by atoms with Gasteiger partial charge < -0.3 is 16.4 Å². The van der Waals surface area contributed by atoms with Crippen molar-refractivity contribution in [1.82, 2.24) is 5.32 Å². The molecular weight excluding hydrogens is 230 g/mol. The number of carbonyl (C=O) groups excluding carboxylic acids is 2. The van der Waals surface area contributed by atoms with Crippen LogP contribution in [0.3, 0.4) is 0 Å². The van der Waals surface area contributed by atoms with Crippen molar-refractivity contribution >= 4 is 17.5 Å². The third-order valence-corrected chi connectivity index (χ3v) is 2.47. The van der Waals surface area contributed by atoms with Gasteiger partial charge in [-0.05, 0) is 23.6 Å². The molecule has 0 saturated carbocycles. The monoisotopic (exact) mass is 249 g/mol. The van der Waals surface area contributed by atoms with Crippen LogP contribution in [0, 0.1) is 0 Å². The normalized spacial score (nSPS) is 10.2. The van der Waals surface area contributed by atoms with Gasteiger partial charge in [0.15, 0.2) is 0 Å². The van der Waals surface area contributed by atoms with Crippen LogP contribution < -0.4 is 16.4 Å². The summed E-state index contributed by atoms with van der Waals surface area (Å²) in [7, 11) is 0. The van der Waals surface area contributed by atoms with Gasteiger partial charge in [0.2, 0.25) is 0 Å². The Labute approximate surface area is 107 Å². The Morgan fingerprint density at radius 3 is 2.28 bits per heavy atom. The predicted octanol–water partition coefficient (Wildman–Crippen LogP) is 0.823. The number of rotatable bonds is 4. The van der Waals surface area contributed by atoms with Crippen molar-refractivity contribution < 1.29 is 9.59 Å². The molecule has 0 unspecified atom stereocenters. The van der Waals surface area contributed by atoms with Crippen molar-refractivity contribution in [1.29, 1.82) is 0 Å². The maximum Gasteiger partial charge on any atom is 0.313 e. The SMILES string of the molecule is CC(C)c1ccc(NC(=O)C(=O)NCCN)cc1. The summed E-state index contributed by atoms with van der Waals surface area (Å²) in [5.74, 6) is -0.920. The van der Waals surface area contributed by atoms with E-state index in [2.05, 4.69) is 24.5 Å². The largest absolute Gasteiger partial charge is 0.347 e. The number of hydrogen-bond acceptors (Lipinski definition) is 3. The molecule has 0 fully saturated rings. The van der Waals surface area contributed by atoms with E-state index in [0.717, 1.165) is 0 Å². The Kier molecular flexibility index (Phi) is 5.32. The van der Waals surface area contributed by atoms with E-state index in [1.165, 1.54) is 5.56 Å². The maximum atomic E-state index is 11.5.